The van der Waals surface area contributed by atoms with E-state index in [4.69, 9.17) is 20.0 Å². The maximum absolute atomic E-state index is 9.79. The summed E-state index contributed by atoms with van der Waals surface area (Å²) in [5.41, 5.74) is 8.01. The molecule has 10 heteroatoms. The van der Waals surface area contributed by atoms with E-state index in [9.17, 15) is 15.6 Å². The van der Waals surface area contributed by atoms with Crippen molar-refractivity contribution < 1.29 is 19.4 Å². The first-order valence-corrected chi connectivity index (χ1v) is 9.71. The van der Waals surface area contributed by atoms with Crippen molar-refractivity contribution in [2.45, 2.75) is 16.9 Å². The fourth-order valence-corrected chi connectivity index (χ4v) is 3.49. The number of benzene rings is 1. The Morgan fingerprint density at radius 2 is 1.93 bits per heavy atom. The molecule has 3 aromatic rings. The van der Waals surface area contributed by atoms with Gasteiger partial charge < -0.3 is 25.1 Å². The number of nitrogens with zero attached hydrogens (tertiary/aromatic N) is 4. The zero-order valence-corrected chi connectivity index (χ0v) is 16.5. The zero-order valence-electron chi connectivity index (χ0n) is 15.6. The van der Waals surface area contributed by atoms with E-state index >= 15 is 0 Å². The summed E-state index contributed by atoms with van der Waals surface area (Å²) >= 11 is 1.27. The third-order valence-electron chi connectivity index (χ3n) is 4.05. The number of nitrogens with two attached hydrogens (primary N) is 1. The first-order chi connectivity index (χ1) is 14.6. The number of aliphatic hydroxyl groups is 2. The molecule has 1 unspecified atom stereocenters. The van der Waals surface area contributed by atoms with Crippen molar-refractivity contribution in [1.29, 1.82) is 10.5 Å². The van der Waals surface area contributed by atoms with Crippen LogP contribution in [0.15, 0.2) is 46.4 Å². The number of hydrogen-bond donors (Lipinski definition) is 3. The van der Waals surface area contributed by atoms with Crippen molar-refractivity contribution in [3.8, 4) is 29.0 Å². The lowest BCUT2D eigenvalue weighted by atomic mass is 9.97. The third kappa shape index (κ3) is 4.70. The van der Waals surface area contributed by atoms with Crippen LogP contribution in [0.5, 0.6) is 5.75 Å². The van der Waals surface area contributed by atoms with Gasteiger partial charge in [-0.05, 0) is 17.7 Å². The fourth-order valence-electron chi connectivity index (χ4n) is 2.61. The number of pyridine rings is 1. The molecule has 0 saturated carbocycles. The topological polar surface area (TPSA) is 162 Å². The van der Waals surface area contributed by atoms with E-state index < -0.39 is 12.7 Å². The van der Waals surface area contributed by atoms with Crippen LogP contribution < -0.4 is 10.5 Å². The Kier molecular flexibility index (Phi) is 6.88. The van der Waals surface area contributed by atoms with Crippen molar-refractivity contribution in [3.05, 3.63) is 53.7 Å². The molecule has 0 fully saturated rings. The van der Waals surface area contributed by atoms with E-state index in [2.05, 4.69) is 16.0 Å². The van der Waals surface area contributed by atoms with Gasteiger partial charge in [0, 0.05) is 11.3 Å². The highest BCUT2D eigenvalue weighted by Crippen LogP contribution is 2.37. The first kappa shape index (κ1) is 21.1. The summed E-state index contributed by atoms with van der Waals surface area (Å²) in [6, 6.07) is 10.8. The average molecular weight is 423 g/mol. The van der Waals surface area contributed by atoms with Crippen LogP contribution in [0.2, 0.25) is 0 Å². The van der Waals surface area contributed by atoms with Crippen LogP contribution >= 0.6 is 11.8 Å². The molecule has 1 atom stereocenters. The van der Waals surface area contributed by atoms with Gasteiger partial charge in [0.05, 0.1) is 17.9 Å². The summed E-state index contributed by atoms with van der Waals surface area (Å²) in [6.07, 6.45) is 1.83. The molecular weight excluding hydrogens is 406 g/mol. The summed E-state index contributed by atoms with van der Waals surface area (Å²) in [4.78, 5) is 8.28. The van der Waals surface area contributed by atoms with E-state index in [0.717, 1.165) is 0 Å². The SMILES string of the molecule is N#Cc1c(N)nc(SCc2cocn2)c(C#N)c1-c1ccc(OCC(O)CO)cc1. The molecule has 0 aliphatic heterocycles. The second-order valence-corrected chi connectivity index (χ2v) is 7.06. The van der Waals surface area contributed by atoms with Gasteiger partial charge in [0.15, 0.2) is 6.39 Å². The highest BCUT2D eigenvalue weighted by atomic mass is 32.2. The predicted molar refractivity (Wildman–Crippen MR) is 108 cm³/mol. The molecule has 3 rings (SSSR count). The summed E-state index contributed by atoms with van der Waals surface area (Å²) in [5.74, 6) is 0.912. The van der Waals surface area contributed by atoms with Gasteiger partial charge in [-0.2, -0.15) is 10.5 Å². The Labute approximate surface area is 176 Å². The van der Waals surface area contributed by atoms with E-state index in [1.54, 1.807) is 24.3 Å². The number of ether oxygens (including phenoxy) is 1. The molecule has 30 heavy (non-hydrogen) atoms. The maximum atomic E-state index is 9.79. The normalized spacial score (nSPS) is 11.5. The number of aliphatic hydroxyl groups excluding tert-OH is 2. The number of anilines is 1. The molecule has 0 bridgehead atoms. The number of aromatic nitrogens is 2. The lowest BCUT2D eigenvalue weighted by Gasteiger charge is -2.14. The molecule has 9 nitrogen and oxygen atoms in total. The summed E-state index contributed by atoms with van der Waals surface area (Å²) in [6.45, 7) is -0.464. The smallest absolute Gasteiger partial charge is 0.180 e. The van der Waals surface area contributed by atoms with Crippen molar-refractivity contribution >= 4 is 17.6 Å². The minimum absolute atomic E-state index is 0.0283. The summed E-state index contributed by atoms with van der Waals surface area (Å²) < 4.78 is 10.3. The number of rotatable bonds is 8. The van der Waals surface area contributed by atoms with Gasteiger partial charge in [-0.3, -0.25) is 0 Å². The van der Waals surface area contributed by atoms with Crippen LogP contribution in [-0.4, -0.2) is 39.5 Å². The molecule has 0 aliphatic carbocycles. The molecule has 4 N–H and O–H groups in total. The van der Waals surface area contributed by atoms with Gasteiger partial charge in [-0.1, -0.05) is 23.9 Å². The fraction of sp³-hybridized carbons (Fsp3) is 0.200. The first-order valence-electron chi connectivity index (χ1n) is 8.73. The lowest BCUT2D eigenvalue weighted by molar-refractivity contribution is 0.0536. The van der Waals surface area contributed by atoms with Gasteiger partial charge in [0.1, 0.15) is 53.3 Å². The molecule has 0 saturated heterocycles. The monoisotopic (exact) mass is 423 g/mol. The quantitative estimate of drug-likeness (QED) is 0.457. The highest BCUT2D eigenvalue weighted by Gasteiger charge is 2.21. The van der Waals surface area contributed by atoms with E-state index in [1.807, 2.05) is 6.07 Å². The van der Waals surface area contributed by atoms with Crippen molar-refractivity contribution in [2.75, 3.05) is 18.9 Å². The number of hydrogen-bond acceptors (Lipinski definition) is 10. The standard InChI is InChI=1S/C20H17N5O4S/c21-5-16-18(12-1-3-15(4-2-12)29-9-14(27)7-26)17(6-22)20(25-19(16)23)30-10-13-8-28-11-24-13/h1-4,8,11,14,26-27H,7,9-10H2,(H2,23,25). The summed E-state index contributed by atoms with van der Waals surface area (Å²) in [5, 5.41) is 38.0. The Morgan fingerprint density at radius 1 is 1.20 bits per heavy atom. The highest BCUT2D eigenvalue weighted by molar-refractivity contribution is 7.98. The number of nitriles is 2. The minimum atomic E-state index is -0.982. The number of nitrogen functional groups attached to an aromatic ring is 1. The molecule has 2 aromatic heterocycles. The van der Waals surface area contributed by atoms with Crippen molar-refractivity contribution in [1.82, 2.24) is 9.97 Å². The van der Waals surface area contributed by atoms with Gasteiger partial charge in [0.25, 0.3) is 0 Å². The molecular formula is C20H17N5O4S. The molecule has 0 radical (unpaired) electrons. The maximum Gasteiger partial charge on any atom is 0.180 e. The van der Waals surface area contributed by atoms with Crippen molar-refractivity contribution in [3.63, 3.8) is 0 Å². The van der Waals surface area contributed by atoms with Crippen LogP contribution in [0.4, 0.5) is 5.82 Å². The van der Waals surface area contributed by atoms with Gasteiger partial charge in [-0.15, -0.1) is 0 Å². The number of oxazole rings is 1. The largest absolute Gasteiger partial charge is 0.491 e. The molecule has 1 aromatic carbocycles. The summed E-state index contributed by atoms with van der Waals surface area (Å²) in [7, 11) is 0. The molecule has 0 spiro atoms. The molecule has 152 valence electrons. The van der Waals surface area contributed by atoms with Crippen LogP contribution in [-0.2, 0) is 5.75 Å². The number of thioether (sulfide) groups is 1. The lowest BCUT2D eigenvalue weighted by Crippen LogP contribution is -2.21. The van der Waals surface area contributed by atoms with E-state index in [1.165, 1.54) is 24.4 Å². The van der Waals surface area contributed by atoms with Crippen LogP contribution in [0, 0.1) is 22.7 Å². The molecule has 2 heterocycles. The third-order valence-corrected chi connectivity index (χ3v) is 5.06. The molecule has 0 amide bonds. The van der Waals surface area contributed by atoms with Gasteiger partial charge in [-0.25, -0.2) is 9.97 Å². The second-order valence-electron chi connectivity index (χ2n) is 6.09. The average Bonchev–Trinajstić information content (AvgIpc) is 3.29. The second kappa shape index (κ2) is 9.76. The van der Waals surface area contributed by atoms with E-state index in [-0.39, 0.29) is 23.6 Å². The van der Waals surface area contributed by atoms with Crippen LogP contribution in [0.1, 0.15) is 16.8 Å². The van der Waals surface area contributed by atoms with Crippen LogP contribution in [0.3, 0.4) is 0 Å². The van der Waals surface area contributed by atoms with E-state index in [0.29, 0.717) is 33.3 Å². The molecule has 0 aliphatic rings. The Morgan fingerprint density at radius 3 is 2.53 bits per heavy atom. The predicted octanol–water partition coefficient (Wildman–Crippen LogP) is 2.09. The van der Waals surface area contributed by atoms with Gasteiger partial charge >= 0.3 is 0 Å². The Hall–Kier alpha value is -3.57. The van der Waals surface area contributed by atoms with Crippen LogP contribution in [0.25, 0.3) is 11.1 Å². The van der Waals surface area contributed by atoms with Gasteiger partial charge in [0.2, 0.25) is 0 Å². The minimum Gasteiger partial charge on any atom is -0.491 e. The van der Waals surface area contributed by atoms with Crippen molar-refractivity contribution in [2.24, 2.45) is 0 Å². The Bertz CT molecular complexity index is 1090. The Balaban J connectivity index is 1.96. The zero-order chi connectivity index (χ0) is 21.5.